The molecule has 7 N–H and O–H groups in total. The van der Waals surface area contributed by atoms with Crippen molar-refractivity contribution in [3.8, 4) is 0 Å². The second kappa shape index (κ2) is 11.7. The summed E-state index contributed by atoms with van der Waals surface area (Å²) in [4.78, 5) is 52.3. The van der Waals surface area contributed by atoms with Crippen LogP contribution in [0.3, 0.4) is 0 Å². The molecule has 1 aromatic carbocycles. The van der Waals surface area contributed by atoms with E-state index in [4.69, 9.17) is 5.73 Å². The molecule has 33 heavy (non-hydrogen) atoms. The normalized spacial score (nSPS) is 15.0. The van der Waals surface area contributed by atoms with Crippen LogP contribution >= 0.6 is 0 Å². The van der Waals surface area contributed by atoms with E-state index in [9.17, 15) is 29.4 Å². The molecule has 2 atom stereocenters. The molecule has 0 spiro atoms. The Morgan fingerprint density at radius 3 is 2.55 bits per heavy atom. The quantitative estimate of drug-likeness (QED) is 0.194. The summed E-state index contributed by atoms with van der Waals surface area (Å²) in [5, 5.41) is 33.1. The molecule has 0 aliphatic carbocycles. The fourth-order valence-electron chi connectivity index (χ4n) is 3.08. The van der Waals surface area contributed by atoms with Crippen molar-refractivity contribution in [2.24, 2.45) is 0 Å². The monoisotopic (exact) mass is 483 g/mol. The van der Waals surface area contributed by atoms with E-state index in [1.165, 1.54) is 12.1 Å². The van der Waals surface area contributed by atoms with Gasteiger partial charge in [-0.15, -0.1) is 0 Å². The summed E-state index contributed by atoms with van der Waals surface area (Å²) in [5.74, 6) is -3.27. The fourth-order valence-corrected chi connectivity index (χ4v) is 3.08. The predicted molar refractivity (Wildman–Crippen MR) is 116 cm³/mol. The van der Waals surface area contributed by atoms with Crippen molar-refractivity contribution in [2.75, 3.05) is 34.8 Å². The van der Waals surface area contributed by atoms with Gasteiger partial charge < -0.3 is 46.8 Å². The van der Waals surface area contributed by atoms with Crippen molar-refractivity contribution in [1.29, 1.82) is 0 Å². The number of carbonyl (C=O) groups is 3. The molecule has 13 nitrogen and oxygen atoms in total. The summed E-state index contributed by atoms with van der Waals surface area (Å²) in [7, 11) is 0. The molecule has 1 aromatic heterocycles. The molecule has 3 rings (SSSR count). The van der Waals surface area contributed by atoms with E-state index in [0.717, 1.165) is 0 Å². The topological polar surface area (TPSA) is 217 Å². The first-order valence-electron chi connectivity index (χ1n) is 9.68. The Morgan fingerprint density at radius 2 is 1.91 bits per heavy atom. The number of rotatable bonds is 9. The van der Waals surface area contributed by atoms with Crippen molar-refractivity contribution in [2.45, 2.75) is 24.9 Å². The molecule has 0 saturated carbocycles. The Labute approximate surface area is 217 Å². The first kappa shape index (κ1) is 26.2. The Hall–Kier alpha value is -3.03. The fraction of sp³-hybridized carbons (Fsp3) is 0.316. The molecule has 1 aliphatic heterocycles. The molecule has 0 bridgehead atoms. The number of carboxylic acid groups (broad SMARTS) is 2. The number of H-pyrrole nitrogens is 1. The van der Waals surface area contributed by atoms with E-state index in [1.54, 1.807) is 12.1 Å². The molecule has 0 fully saturated rings. The number of aliphatic carboxylic acids is 2. The van der Waals surface area contributed by atoms with Crippen LogP contribution in [0.15, 0.2) is 29.1 Å². The van der Waals surface area contributed by atoms with E-state index in [2.05, 4.69) is 31.2 Å². The van der Waals surface area contributed by atoms with Gasteiger partial charge in [-0.1, -0.05) is 0 Å². The van der Waals surface area contributed by atoms with Gasteiger partial charge in [0.25, 0.3) is 11.5 Å². The van der Waals surface area contributed by atoms with E-state index in [0.29, 0.717) is 30.3 Å². The van der Waals surface area contributed by atoms with Crippen molar-refractivity contribution in [1.82, 2.24) is 15.3 Å². The SMILES string of the molecule is Nc1nc2c(c(=O)[nH]1)NC(CNc1ccc(C(=O)NC(CCC(=O)[O-])C(=O)[O-])cc1)CN2.[Ca+2]. The number of nitrogens with one attached hydrogen (secondary N) is 5. The number of benzene rings is 1. The van der Waals surface area contributed by atoms with Crippen molar-refractivity contribution in [3.05, 3.63) is 40.2 Å². The maximum absolute atomic E-state index is 12.2. The molecule has 0 radical (unpaired) electrons. The Balaban J connectivity index is 0.00000385. The Bertz CT molecular complexity index is 1080. The standard InChI is InChI=1S/C19H23N7O6.Ca/c20-19-25-15-14(17(30)26-19)23-11(8-22-15)7-21-10-3-1-9(2-4-10)16(29)24-12(18(31)32)5-6-13(27)28;/h1-4,11-12,21,23H,5-8H2,(H,24,29)(H,27,28)(H,31,32)(H4,20,22,25,26,30);/q;+2/p-2. The number of hydrogen-bond acceptors (Lipinski definition) is 11. The summed E-state index contributed by atoms with van der Waals surface area (Å²) in [6.07, 6.45) is -0.863. The van der Waals surface area contributed by atoms with Crippen molar-refractivity contribution < 1.29 is 24.6 Å². The average Bonchev–Trinajstić information content (AvgIpc) is 2.75. The zero-order valence-electron chi connectivity index (χ0n) is 17.5. The number of nitrogens with zero attached hydrogens (tertiary/aromatic N) is 1. The largest absolute Gasteiger partial charge is 2.00 e. The zero-order chi connectivity index (χ0) is 23.3. The third kappa shape index (κ3) is 7.23. The van der Waals surface area contributed by atoms with Crippen LogP contribution in [0.2, 0.25) is 0 Å². The van der Waals surface area contributed by atoms with Gasteiger partial charge in [0.2, 0.25) is 5.95 Å². The van der Waals surface area contributed by atoms with Gasteiger partial charge in [-0.05, 0) is 37.1 Å². The number of aromatic amines is 1. The van der Waals surface area contributed by atoms with Crippen molar-refractivity contribution >= 4 is 78.7 Å². The summed E-state index contributed by atoms with van der Waals surface area (Å²) in [6, 6.07) is 4.65. The minimum absolute atomic E-state index is 0. The molecule has 0 saturated heterocycles. The summed E-state index contributed by atoms with van der Waals surface area (Å²) < 4.78 is 0. The number of hydrogen-bond donors (Lipinski definition) is 6. The summed E-state index contributed by atoms with van der Waals surface area (Å²) in [5.41, 5.74) is 6.32. The molecule has 14 heteroatoms. The third-order valence-corrected chi connectivity index (χ3v) is 4.73. The van der Waals surface area contributed by atoms with Gasteiger partial charge in [0.1, 0.15) is 5.69 Å². The third-order valence-electron chi connectivity index (χ3n) is 4.73. The van der Waals surface area contributed by atoms with Crippen molar-refractivity contribution in [3.63, 3.8) is 0 Å². The zero-order valence-corrected chi connectivity index (χ0v) is 19.7. The molecular weight excluding hydrogens is 462 g/mol. The maximum Gasteiger partial charge on any atom is 2.00 e. The van der Waals surface area contributed by atoms with Gasteiger partial charge in [0.05, 0.1) is 18.1 Å². The van der Waals surface area contributed by atoms with Crippen LogP contribution in [0.1, 0.15) is 23.2 Å². The van der Waals surface area contributed by atoms with Gasteiger partial charge in [-0.2, -0.15) is 4.98 Å². The predicted octanol–water partition coefficient (Wildman–Crippen LogP) is -3.33. The number of fused-ring (bicyclic) bond motifs is 1. The van der Waals surface area contributed by atoms with E-state index < -0.39 is 30.3 Å². The molecule has 2 aromatic rings. The number of nitrogen functional groups attached to an aromatic ring is 1. The smallest absolute Gasteiger partial charge is 0.550 e. The number of carboxylic acids is 2. The van der Waals surface area contributed by atoms with Crippen LogP contribution in [0, 0.1) is 0 Å². The first-order chi connectivity index (χ1) is 15.2. The molecule has 2 unspecified atom stereocenters. The number of anilines is 4. The number of carbonyl (C=O) groups excluding carboxylic acids is 3. The second-order valence-corrected chi connectivity index (χ2v) is 7.11. The van der Waals surface area contributed by atoms with Gasteiger partial charge in [0, 0.05) is 30.3 Å². The van der Waals surface area contributed by atoms with Crippen LogP contribution in [-0.4, -0.2) is 90.7 Å². The van der Waals surface area contributed by atoms with Gasteiger partial charge in [-0.25, -0.2) is 0 Å². The number of aromatic nitrogens is 2. The number of nitrogens with two attached hydrogens (primary N) is 1. The average molecular weight is 483 g/mol. The molecular formula is C19H21CaN7O6. The Morgan fingerprint density at radius 1 is 1.21 bits per heavy atom. The molecule has 2 heterocycles. The maximum atomic E-state index is 12.2. The van der Waals surface area contributed by atoms with E-state index >= 15 is 0 Å². The number of amides is 1. The molecule has 170 valence electrons. The van der Waals surface area contributed by atoms with Gasteiger partial charge >= 0.3 is 37.7 Å². The second-order valence-electron chi connectivity index (χ2n) is 7.11. The Kier molecular flexibility index (Phi) is 9.32. The van der Waals surface area contributed by atoms with Crippen LogP contribution in [0.25, 0.3) is 0 Å². The van der Waals surface area contributed by atoms with Gasteiger partial charge in [-0.3, -0.25) is 14.6 Å². The first-order valence-corrected chi connectivity index (χ1v) is 9.68. The minimum Gasteiger partial charge on any atom is -0.550 e. The summed E-state index contributed by atoms with van der Waals surface area (Å²) >= 11 is 0. The van der Waals surface area contributed by atoms with E-state index in [1.807, 2.05) is 0 Å². The van der Waals surface area contributed by atoms with Crippen LogP contribution < -0.4 is 42.8 Å². The van der Waals surface area contributed by atoms with Crippen LogP contribution in [0.5, 0.6) is 0 Å². The summed E-state index contributed by atoms with van der Waals surface area (Å²) in [6.45, 7) is 0.935. The van der Waals surface area contributed by atoms with Crippen LogP contribution in [0.4, 0.5) is 23.1 Å². The van der Waals surface area contributed by atoms with E-state index in [-0.39, 0.29) is 67.3 Å². The molecule has 1 aliphatic rings. The van der Waals surface area contributed by atoms with Crippen LogP contribution in [-0.2, 0) is 9.59 Å². The van der Waals surface area contributed by atoms with Gasteiger partial charge in [0.15, 0.2) is 5.82 Å². The molecule has 1 amide bonds. The minimum atomic E-state index is -1.58.